The molecular weight excluding hydrogens is 244 g/mol. The number of carbonyl (C=O) groups is 1. The summed E-state index contributed by atoms with van der Waals surface area (Å²) in [7, 11) is 0. The Hall–Kier alpha value is -1.16. The summed E-state index contributed by atoms with van der Waals surface area (Å²) in [5, 5.41) is 2.82. The predicted octanol–water partition coefficient (Wildman–Crippen LogP) is 2.97. The topological polar surface area (TPSA) is 55.1 Å². The molecule has 1 amide bonds. The van der Waals surface area contributed by atoms with Crippen molar-refractivity contribution in [1.29, 1.82) is 0 Å². The number of amides is 1. The normalized spacial score (nSPS) is 12.2. The Kier molecular flexibility index (Phi) is 6.05. The third kappa shape index (κ3) is 4.61. The van der Waals surface area contributed by atoms with Crippen molar-refractivity contribution in [3.63, 3.8) is 0 Å². The minimum Gasteiger partial charge on any atom is -0.398 e. The highest BCUT2D eigenvalue weighted by Gasteiger charge is 2.15. The molecule has 3 nitrogen and oxygen atoms in total. The molecule has 4 heteroatoms. The van der Waals surface area contributed by atoms with Crippen LogP contribution in [0.3, 0.4) is 0 Å². The number of aryl methyl sites for hydroxylation is 1. The van der Waals surface area contributed by atoms with Crippen molar-refractivity contribution in [2.45, 2.75) is 43.8 Å². The second-order valence-corrected chi connectivity index (χ2v) is 5.83. The standard InChI is InChI=1S/C14H22N2OS/c1-4-5-8-16-14(17)11(3)18-13-9-10(2)6-7-12(13)15/h6-7,9,11H,4-5,8,15H2,1-3H3,(H,16,17). The highest BCUT2D eigenvalue weighted by atomic mass is 32.2. The summed E-state index contributed by atoms with van der Waals surface area (Å²) in [5.41, 5.74) is 7.80. The molecule has 0 aromatic heterocycles. The smallest absolute Gasteiger partial charge is 0.233 e. The van der Waals surface area contributed by atoms with Gasteiger partial charge in [0.25, 0.3) is 0 Å². The van der Waals surface area contributed by atoms with Crippen LogP contribution in [0.5, 0.6) is 0 Å². The quantitative estimate of drug-likeness (QED) is 0.473. The van der Waals surface area contributed by atoms with Gasteiger partial charge in [-0.15, -0.1) is 11.8 Å². The van der Waals surface area contributed by atoms with Crippen LogP contribution in [-0.2, 0) is 4.79 Å². The summed E-state index contributed by atoms with van der Waals surface area (Å²) >= 11 is 1.51. The molecule has 0 aliphatic carbocycles. The van der Waals surface area contributed by atoms with Gasteiger partial charge in [0, 0.05) is 17.1 Å². The largest absolute Gasteiger partial charge is 0.398 e. The lowest BCUT2D eigenvalue weighted by molar-refractivity contribution is -0.120. The van der Waals surface area contributed by atoms with Crippen LogP contribution in [0.4, 0.5) is 5.69 Å². The van der Waals surface area contributed by atoms with Gasteiger partial charge in [-0.1, -0.05) is 19.4 Å². The molecule has 0 aliphatic rings. The van der Waals surface area contributed by atoms with Crippen LogP contribution in [-0.4, -0.2) is 17.7 Å². The number of nitrogens with one attached hydrogen (secondary N) is 1. The number of hydrogen-bond acceptors (Lipinski definition) is 3. The number of rotatable bonds is 6. The number of anilines is 1. The number of nitrogens with two attached hydrogens (primary N) is 1. The average Bonchev–Trinajstić information content (AvgIpc) is 2.34. The molecule has 1 aromatic rings. The van der Waals surface area contributed by atoms with E-state index in [4.69, 9.17) is 5.73 Å². The lowest BCUT2D eigenvalue weighted by Gasteiger charge is -2.13. The van der Waals surface area contributed by atoms with E-state index in [0.29, 0.717) is 0 Å². The van der Waals surface area contributed by atoms with Crippen molar-refractivity contribution in [2.75, 3.05) is 12.3 Å². The molecule has 1 atom stereocenters. The van der Waals surface area contributed by atoms with Gasteiger partial charge in [-0.2, -0.15) is 0 Å². The van der Waals surface area contributed by atoms with Crippen molar-refractivity contribution in [1.82, 2.24) is 5.32 Å². The number of benzene rings is 1. The molecule has 0 aliphatic heterocycles. The Morgan fingerprint density at radius 1 is 1.50 bits per heavy atom. The van der Waals surface area contributed by atoms with E-state index in [2.05, 4.69) is 12.2 Å². The molecular formula is C14H22N2OS. The van der Waals surface area contributed by atoms with E-state index in [-0.39, 0.29) is 11.2 Å². The monoisotopic (exact) mass is 266 g/mol. The summed E-state index contributed by atoms with van der Waals surface area (Å²) in [6, 6.07) is 5.89. The molecule has 1 unspecified atom stereocenters. The van der Waals surface area contributed by atoms with Crippen molar-refractivity contribution in [3.8, 4) is 0 Å². The fourth-order valence-electron chi connectivity index (χ4n) is 1.52. The van der Waals surface area contributed by atoms with Crippen molar-refractivity contribution >= 4 is 23.4 Å². The minimum absolute atomic E-state index is 0.0781. The minimum atomic E-state index is -0.119. The van der Waals surface area contributed by atoms with Gasteiger partial charge in [0.05, 0.1) is 5.25 Å². The average molecular weight is 266 g/mol. The number of hydrogen-bond donors (Lipinski definition) is 2. The van der Waals surface area contributed by atoms with Gasteiger partial charge in [0.15, 0.2) is 0 Å². The number of unbranched alkanes of at least 4 members (excludes halogenated alkanes) is 1. The Bertz CT molecular complexity index is 407. The molecule has 0 saturated carbocycles. The predicted molar refractivity (Wildman–Crippen MR) is 78.8 cm³/mol. The van der Waals surface area contributed by atoms with E-state index in [0.717, 1.165) is 35.5 Å². The maximum Gasteiger partial charge on any atom is 0.233 e. The summed E-state index contributed by atoms with van der Waals surface area (Å²) in [6.07, 6.45) is 2.11. The molecule has 0 spiro atoms. The number of nitrogen functional groups attached to an aromatic ring is 1. The number of thioether (sulfide) groups is 1. The van der Waals surface area contributed by atoms with Crippen LogP contribution < -0.4 is 11.1 Å². The molecule has 0 heterocycles. The van der Waals surface area contributed by atoms with Gasteiger partial charge in [0.1, 0.15) is 0 Å². The lowest BCUT2D eigenvalue weighted by atomic mass is 10.2. The van der Waals surface area contributed by atoms with Gasteiger partial charge in [-0.05, 0) is 38.0 Å². The van der Waals surface area contributed by atoms with Crippen LogP contribution in [0.25, 0.3) is 0 Å². The second kappa shape index (κ2) is 7.31. The maximum atomic E-state index is 11.8. The van der Waals surface area contributed by atoms with Gasteiger partial charge in [-0.25, -0.2) is 0 Å². The van der Waals surface area contributed by atoms with Crippen LogP contribution in [0.2, 0.25) is 0 Å². The fourth-order valence-corrected chi connectivity index (χ4v) is 2.55. The van der Waals surface area contributed by atoms with Crippen LogP contribution in [0.15, 0.2) is 23.1 Å². The van der Waals surface area contributed by atoms with E-state index in [1.54, 1.807) is 0 Å². The van der Waals surface area contributed by atoms with Crippen LogP contribution in [0, 0.1) is 6.92 Å². The maximum absolute atomic E-state index is 11.8. The molecule has 1 aromatic carbocycles. The lowest BCUT2D eigenvalue weighted by Crippen LogP contribution is -2.31. The zero-order valence-corrected chi connectivity index (χ0v) is 12.1. The van der Waals surface area contributed by atoms with E-state index in [9.17, 15) is 4.79 Å². The van der Waals surface area contributed by atoms with Crippen molar-refractivity contribution in [2.24, 2.45) is 0 Å². The Morgan fingerprint density at radius 3 is 2.89 bits per heavy atom. The molecule has 0 saturated heterocycles. The molecule has 1 rings (SSSR count). The molecule has 18 heavy (non-hydrogen) atoms. The SMILES string of the molecule is CCCCNC(=O)C(C)Sc1cc(C)ccc1N. The third-order valence-electron chi connectivity index (χ3n) is 2.67. The van der Waals surface area contributed by atoms with Crippen molar-refractivity contribution < 1.29 is 4.79 Å². The van der Waals surface area contributed by atoms with Gasteiger partial charge in [0.2, 0.25) is 5.91 Å². The first kappa shape index (κ1) is 14.9. The summed E-state index contributed by atoms with van der Waals surface area (Å²) < 4.78 is 0. The summed E-state index contributed by atoms with van der Waals surface area (Å²) in [5.74, 6) is 0.0781. The van der Waals surface area contributed by atoms with E-state index >= 15 is 0 Å². The summed E-state index contributed by atoms with van der Waals surface area (Å²) in [6.45, 7) is 6.80. The Labute approximate surface area is 114 Å². The first-order valence-electron chi connectivity index (χ1n) is 6.35. The number of carbonyl (C=O) groups excluding carboxylic acids is 1. The fraction of sp³-hybridized carbons (Fsp3) is 0.500. The van der Waals surface area contributed by atoms with Crippen LogP contribution >= 0.6 is 11.8 Å². The molecule has 0 bridgehead atoms. The zero-order valence-electron chi connectivity index (χ0n) is 11.3. The Balaban J connectivity index is 2.55. The highest BCUT2D eigenvalue weighted by Crippen LogP contribution is 2.29. The molecule has 3 N–H and O–H groups in total. The molecule has 100 valence electrons. The summed E-state index contributed by atoms with van der Waals surface area (Å²) in [4.78, 5) is 12.8. The van der Waals surface area contributed by atoms with E-state index in [1.165, 1.54) is 11.8 Å². The van der Waals surface area contributed by atoms with E-state index < -0.39 is 0 Å². The van der Waals surface area contributed by atoms with Gasteiger partial charge < -0.3 is 11.1 Å². The third-order valence-corrected chi connectivity index (χ3v) is 3.85. The second-order valence-electron chi connectivity index (χ2n) is 4.45. The van der Waals surface area contributed by atoms with Gasteiger partial charge >= 0.3 is 0 Å². The Morgan fingerprint density at radius 2 is 2.22 bits per heavy atom. The van der Waals surface area contributed by atoms with Gasteiger partial charge in [-0.3, -0.25) is 4.79 Å². The van der Waals surface area contributed by atoms with Crippen LogP contribution in [0.1, 0.15) is 32.3 Å². The van der Waals surface area contributed by atoms with Crippen molar-refractivity contribution in [3.05, 3.63) is 23.8 Å². The first-order chi connectivity index (χ1) is 8.54. The highest BCUT2D eigenvalue weighted by molar-refractivity contribution is 8.00. The van der Waals surface area contributed by atoms with E-state index in [1.807, 2.05) is 32.0 Å². The molecule has 0 radical (unpaired) electrons. The zero-order chi connectivity index (χ0) is 13.5. The first-order valence-corrected chi connectivity index (χ1v) is 7.23. The molecule has 0 fully saturated rings.